The number of aliphatic hydroxyl groups is 1. The number of nitrogens with zero attached hydrogens (tertiary/aromatic N) is 9. The molecule has 0 radical (unpaired) electrons. The van der Waals surface area contributed by atoms with Crippen LogP contribution in [0.3, 0.4) is 0 Å². The molecule has 20 heteroatoms. The SMILES string of the molecule is Cc1ncsc1-c1ccc([C@H](C)NC(=O)[C@H]2C[C@H](O)CN2C(=O)[C@@H](NC(=O)COCCCOCCCN2CCOC3(CCN(c4nccc(Nc5cc6c(cn5)nc(C)n6C(C)C)n4)CC3)C2)C(C)(C)C)cc1. The number of hydrogen-bond donors (Lipinski definition) is 4. The van der Waals surface area contributed by atoms with E-state index >= 15 is 0 Å². The second-order valence-corrected chi connectivity index (χ2v) is 22.0. The molecule has 8 rings (SSSR count). The Balaban J connectivity index is 0.710. The number of anilines is 3. The maximum atomic E-state index is 14.1. The first-order chi connectivity index (χ1) is 35.0. The summed E-state index contributed by atoms with van der Waals surface area (Å²) in [5.41, 5.74) is 5.78. The van der Waals surface area contributed by atoms with E-state index in [-0.39, 0.29) is 43.2 Å². The van der Waals surface area contributed by atoms with Gasteiger partial charge in [0.2, 0.25) is 23.7 Å². The van der Waals surface area contributed by atoms with Crippen LogP contribution in [0, 0.1) is 19.3 Å². The van der Waals surface area contributed by atoms with E-state index in [4.69, 9.17) is 19.2 Å². The number of fused-ring (bicyclic) bond motifs is 1. The van der Waals surface area contributed by atoms with Gasteiger partial charge >= 0.3 is 0 Å². The average Bonchev–Trinajstić information content (AvgIpc) is 4.07. The molecule has 0 saturated carbocycles. The maximum absolute atomic E-state index is 14.1. The Morgan fingerprint density at radius 1 is 0.932 bits per heavy atom. The number of likely N-dealkylation sites (tertiary alicyclic amines) is 1. The largest absolute Gasteiger partial charge is 0.391 e. The first kappa shape index (κ1) is 53.6. The smallest absolute Gasteiger partial charge is 0.246 e. The van der Waals surface area contributed by atoms with Crippen LogP contribution in [0.4, 0.5) is 17.6 Å². The summed E-state index contributed by atoms with van der Waals surface area (Å²) in [5.74, 6) is 1.84. The molecule has 3 saturated heterocycles. The molecule has 0 bridgehead atoms. The lowest BCUT2D eigenvalue weighted by Crippen LogP contribution is -2.58. The maximum Gasteiger partial charge on any atom is 0.246 e. The molecule has 394 valence electrons. The van der Waals surface area contributed by atoms with Crippen LogP contribution in [0.1, 0.15) is 103 Å². The highest BCUT2D eigenvalue weighted by atomic mass is 32.1. The van der Waals surface area contributed by atoms with E-state index in [9.17, 15) is 19.5 Å². The van der Waals surface area contributed by atoms with Crippen molar-refractivity contribution in [2.75, 3.05) is 82.5 Å². The minimum Gasteiger partial charge on any atom is -0.391 e. The number of amides is 3. The van der Waals surface area contributed by atoms with Crippen molar-refractivity contribution in [3.05, 3.63) is 71.4 Å². The number of aromatic nitrogens is 6. The molecule has 3 aliphatic rings. The molecule has 3 fully saturated rings. The molecule has 4 aromatic heterocycles. The van der Waals surface area contributed by atoms with Crippen LogP contribution in [0.5, 0.6) is 0 Å². The van der Waals surface area contributed by atoms with E-state index in [2.05, 4.69) is 64.1 Å². The summed E-state index contributed by atoms with van der Waals surface area (Å²) in [4.78, 5) is 71.2. The number of hydrogen-bond acceptors (Lipinski definition) is 16. The number of β-amino-alcohol motifs (C(OH)–C–C–N with tert-alkyl or cyclic N) is 1. The fraction of sp³-hybridized carbons (Fsp3) is 0.585. The standard InChI is InChI=1S/C53H74N12O7S/c1-34(2)65-37(5)58-41-29-55-45(28-42(41)65)59-44-15-18-54-51(60-44)63-20-16-53(17-21-63)32-62(22-26-72-53)19-9-23-70-24-10-25-71-31-46(67)61-48(52(6,7)8)50(69)64-30-40(66)27-43(64)49(68)57-35(3)38-11-13-39(14-12-38)47-36(4)56-33-73-47/h11-15,18,28-29,33-35,40,43,48,66H,9-10,16-17,19-27,30-32H2,1-8H3,(H,57,68)(H,61,67)(H,54,55,59,60)/t35-,40-,43+,48+/m0/s1. The summed E-state index contributed by atoms with van der Waals surface area (Å²) < 4.78 is 20.3. The van der Waals surface area contributed by atoms with E-state index in [1.165, 1.54) is 4.90 Å². The van der Waals surface area contributed by atoms with Crippen molar-refractivity contribution in [3.8, 4) is 10.4 Å². The summed E-state index contributed by atoms with van der Waals surface area (Å²) in [6.45, 7) is 21.9. The van der Waals surface area contributed by atoms with Gasteiger partial charge in [-0.3, -0.25) is 19.3 Å². The van der Waals surface area contributed by atoms with Gasteiger partial charge in [0.25, 0.3) is 0 Å². The molecule has 1 aromatic carbocycles. The van der Waals surface area contributed by atoms with Crippen molar-refractivity contribution in [1.29, 1.82) is 0 Å². The Bertz CT molecular complexity index is 2660. The van der Waals surface area contributed by atoms with Gasteiger partial charge < -0.3 is 49.6 Å². The third kappa shape index (κ3) is 13.4. The fourth-order valence-electron chi connectivity index (χ4n) is 10.2. The molecule has 0 unspecified atom stereocenters. The van der Waals surface area contributed by atoms with Crippen LogP contribution in [0.2, 0.25) is 0 Å². The first-order valence-corrected chi connectivity index (χ1v) is 26.6. The molecule has 3 amide bonds. The fourth-order valence-corrected chi connectivity index (χ4v) is 11.0. The van der Waals surface area contributed by atoms with Crippen molar-refractivity contribution in [2.45, 2.75) is 123 Å². The van der Waals surface area contributed by atoms with Crippen LogP contribution < -0.4 is 20.9 Å². The Kier molecular flexibility index (Phi) is 17.4. The molecule has 73 heavy (non-hydrogen) atoms. The number of benzene rings is 1. The zero-order valence-electron chi connectivity index (χ0n) is 43.7. The Morgan fingerprint density at radius 3 is 2.41 bits per heavy atom. The number of imidazole rings is 1. The van der Waals surface area contributed by atoms with E-state index in [1.54, 1.807) is 23.7 Å². The number of rotatable bonds is 20. The van der Waals surface area contributed by atoms with Crippen LogP contribution in [0.25, 0.3) is 21.5 Å². The molecular weight excluding hydrogens is 949 g/mol. The van der Waals surface area contributed by atoms with Crippen LogP contribution in [-0.4, -0.2) is 158 Å². The van der Waals surface area contributed by atoms with Gasteiger partial charge in [-0.1, -0.05) is 45.0 Å². The Labute approximate surface area is 432 Å². The predicted molar refractivity (Wildman–Crippen MR) is 282 cm³/mol. The molecule has 7 heterocycles. The van der Waals surface area contributed by atoms with E-state index < -0.39 is 35.4 Å². The van der Waals surface area contributed by atoms with E-state index in [0.29, 0.717) is 50.4 Å². The van der Waals surface area contributed by atoms with Crippen molar-refractivity contribution in [3.63, 3.8) is 0 Å². The lowest BCUT2D eigenvalue weighted by Gasteiger charge is -2.47. The third-order valence-corrected chi connectivity index (χ3v) is 15.1. The molecule has 1 spiro atoms. The monoisotopic (exact) mass is 1020 g/mol. The first-order valence-electron chi connectivity index (χ1n) is 25.8. The number of pyridine rings is 1. The Hall–Kier alpha value is -5.64. The molecular formula is C53H74N12O7S. The molecule has 4 N–H and O–H groups in total. The average molecular weight is 1020 g/mol. The highest BCUT2D eigenvalue weighted by Crippen LogP contribution is 2.33. The second kappa shape index (κ2) is 23.7. The molecule has 0 aliphatic carbocycles. The summed E-state index contributed by atoms with van der Waals surface area (Å²) in [6, 6.07) is 9.97. The van der Waals surface area contributed by atoms with Crippen molar-refractivity contribution in [2.24, 2.45) is 5.41 Å². The second-order valence-electron chi connectivity index (χ2n) is 21.1. The topological polar surface area (TPSA) is 214 Å². The number of nitrogens with one attached hydrogen (secondary N) is 3. The summed E-state index contributed by atoms with van der Waals surface area (Å²) >= 11 is 1.58. The summed E-state index contributed by atoms with van der Waals surface area (Å²) in [5, 5.41) is 19.9. The van der Waals surface area contributed by atoms with E-state index in [0.717, 1.165) is 90.5 Å². The number of aryl methyl sites for hydroxylation is 2. The van der Waals surface area contributed by atoms with Gasteiger partial charge in [0.1, 0.15) is 41.7 Å². The molecule has 5 aromatic rings. The van der Waals surface area contributed by atoms with Crippen molar-refractivity contribution in [1.82, 2.24) is 49.9 Å². The van der Waals surface area contributed by atoms with Gasteiger partial charge in [-0.15, -0.1) is 11.3 Å². The van der Waals surface area contributed by atoms with Crippen molar-refractivity contribution < 1.29 is 33.7 Å². The van der Waals surface area contributed by atoms with Gasteiger partial charge in [0.15, 0.2) is 0 Å². The Morgan fingerprint density at radius 2 is 1.68 bits per heavy atom. The number of aliphatic hydroxyl groups excluding tert-OH is 1. The molecule has 4 atom stereocenters. The van der Waals surface area contributed by atoms with Crippen LogP contribution in [0.15, 0.2) is 54.3 Å². The lowest BCUT2D eigenvalue weighted by atomic mass is 9.85. The summed E-state index contributed by atoms with van der Waals surface area (Å²) in [6.07, 6.45) is 6.10. The van der Waals surface area contributed by atoms with Gasteiger partial charge in [0.05, 0.1) is 52.1 Å². The number of morpholine rings is 1. The van der Waals surface area contributed by atoms with Crippen LogP contribution in [-0.2, 0) is 28.6 Å². The highest BCUT2D eigenvalue weighted by molar-refractivity contribution is 7.13. The van der Waals surface area contributed by atoms with Crippen molar-refractivity contribution >= 4 is 57.7 Å². The van der Waals surface area contributed by atoms with Gasteiger partial charge in [0, 0.05) is 83.8 Å². The van der Waals surface area contributed by atoms with Crippen LogP contribution >= 0.6 is 11.3 Å². The van der Waals surface area contributed by atoms with Gasteiger partial charge in [-0.2, -0.15) is 4.98 Å². The lowest BCUT2D eigenvalue weighted by molar-refractivity contribution is -0.144. The minimum absolute atomic E-state index is 0.00431. The zero-order chi connectivity index (χ0) is 51.9. The number of ether oxygens (including phenoxy) is 3. The molecule has 19 nitrogen and oxygen atoms in total. The number of piperidine rings is 1. The number of thiazole rings is 1. The minimum atomic E-state index is -0.945. The van der Waals surface area contributed by atoms with Gasteiger partial charge in [-0.25, -0.2) is 19.9 Å². The molecule has 3 aliphatic heterocycles. The predicted octanol–water partition coefficient (Wildman–Crippen LogP) is 6.14. The zero-order valence-corrected chi connectivity index (χ0v) is 44.5. The van der Waals surface area contributed by atoms with E-state index in [1.807, 2.05) is 83.5 Å². The summed E-state index contributed by atoms with van der Waals surface area (Å²) in [7, 11) is 0. The third-order valence-electron chi connectivity index (χ3n) is 14.1. The normalized spacial score (nSPS) is 19.2. The highest BCUT2D eigenvalue weighted by Gasteiger charge is 2.45. The van der Waals surface area contributed by atoms with Gasteiger partial charge in [-0.05, 0) is 82.9 Å². The number of carbonyl (C=O) groups is 3. The number of carbonyl (C=O) groups excluding carboxylic acids is 3. The quantitative estimate of drug-likeness (QED) is 0.0645.